The van der Waals surface area contributed by atoms with E-state index in [0.717, 1.165) is 17.9 Å². The number of oxazole rings is 1. The summed E-state index contributed by atoms with van der Waals surface area (Å²) in [5.41, 5.74) is 6.40. The van der Waals surface area contributed by atoms with Gasteiger partial charge in [-0.1, -0.05) is 12.1 Å². The van der Waals surface area contributed by atoms with Crippen molar-refractivity contribution < 1.29 is 9.62 Å². The molecule has 1 heterocycles. The lowest BCUT2D eigenvalue weighted by atomic mass is 10.2. The van der Waals surface area contributed by atoms with E-state index in [2.05, 4.69) is 15.5 Å². The van der Waals surface area contributed by atoms with Crippen LogP contribution in [0.4, 0.5) is 0 Å². The largest absolute Gasteiger partial charge is 0.444 e. The van der Waals surface area contributed by atoms with Crippen LogP contribution in [0.15, 0.2) is 9.57 Å². The number of nitrogens with two attached hydrogens (primary N) is 1. The highest BCUT2D eigenvalue weighted by Gasteiger charge is 2.12. The number of nitrogens with zero attached hydrogens (tertiary/aromatic N) is 2. The van der Waals surface area contributed by atoms with Crippen LogP contribution >= 0.6 is 0 Å². The Hall–Kier alpha value is -1.56. The Balaban J connectivity index is 2.56. The van der Waals surface area contributed by atoms with Gasteiger partial charge in [0.05, 0.1) is 18.3 Å². The first-order valence-corrected chi connectivity index (χ1v) is 5.22. The fourth-order valence-corrected chi connectivity index (χ4v) is 1.35. The van der Waals surface area contributed by atoms with E-state index >= 15 is 0 Å². The SMILES string of the molecule is CCC(NCc1nc(C)c(C)o1)C(N)=NO. The van der Waals surface area contributed by atoms with E-state index in [9.17, 15) is 0 Å². The highest BCUT2D eigenvalue weighted by Crippen LogP contribution is 2.08. The Labute approximate surface area is 94.5 Å². The molecule has 0 saturated carbocycles. The molecule has 1 aromatic rings. The van der Waals surface area contributed by atoms with Crippen LogP contribution in [0.1, 0.15) is 30.7 Å². The number of rotatable bonds is 5. The van der Waals surface area contributed by atoms with Crippen molar-refractivity contribution in [3.63, 3.8) is 0 Å². The normalized spacial score (nSPS) is 14.1. The number of aromatic nitrogens is 1. The first kappa shape index (κ1) is 12.5. The van der Waals surface area contributed by atoms with Crippen molar-refractivity contribution in [1.29, 1.82) is 0 Å². The van der Waals surface area contributed by atoms with Crippen LogP contribution in [-0.4, -0.2) is 22.1 Å². The van der Waals surface area contributed by atoms with Crippen LogP contribution in [0.25, 0.3) is 0 Å². The molecular formula is C10H18N4O2. The molecule has 90 valence electrons. The highest BCUT2D eigenvalue weighted by atomic mass is 16.4. The third-order valence-corrected chi connectivity index (χ3v) is 2.45. The van der Waals surface area contributed by atoms with E-state index in [1.54, 1.807) is 0 Å². The lowest BCUT2D eigenvalue weighted by molar-refractivity contribution is 0.313. The number of nitrogens with one attached hydrogen (secondary N) is 1. The summed E-state index contributed by atoms with van der Waals surface area (Å²) in [5, 5.41) is 14.6. The van der Waals surface area contributed by atoms with E-state index in [4.69, 9.17) is 15.4 Å². The second kappa shape index (κ2) is 5.50. The summed E-state index contributed by atoms with van der Waals surface area (Å²) in [6.07, 6.45) is 0.731. The van der Waals surface area contributed by atoms with Crippen molar-refractivity contribution in [1.82, 2.24) is 10.3 Å². The monoisotopic (exact) mass is 226 g/mol. The second-order valence-corrected chi connectivity index (χ2v) is 3.62. The minimum atomic E-state index is -0.169. The molecule has 4 N–H and O–H groups in total. The molecule has 1 rings (SSSR count). The smallest absolute Gasteiger partial charge is 0.208 e. The summed E-state index contributed by atoms with van der Waals surface area (Å²) < 4.78 is 5.41. The van der Waals surface area contributed by atoms with E-state index in [1.165, 1.54) is 0 Å². The first-order valence-electron chi connectivity index (χ1n) is 5.22. The number of amidine groups is 1. The van der Waals surface area contributed by atoms with Crippen molar-refractivity contribution in [2.24, 2.45) is 10.9 Å². The topological polar surface area (TPSA) is 96.7 Å². The van der Waals surface area contributed by atoms with Crippen molar-refractivity contribution in [3.05, 3.63) is 17.3 Å². The van der Waals surface area contributed by atoms with Gasteiger partial charge in [-0.25, -0.2) is 4.98 Å². The van der Waals surface area contributed by atoms with Crippen molar-refractivity contribution >= 4 is 5.84 Å². The molecular weight excluding hydrogens is 208 g/mol. The molecule has 0 aliphatic rings. The van der Waals surface area contributed by atoms with Crippen molar-refractivity contribution in [2.45, 2.75) is 39.8 Å². The Morgan fingerprint density at radius 3 is 2.75 bits per heavy atom. The second-order valence-electron chi connectivity index (χ2n) is 3.62. The predicted molar refractivity (Wildman–Crippen MR) is 60.3 cm³/mol. The minimum Gasteiger partial charge on any atom is -0.444 e. The average Bonchev–Trinajstić information content (AvgIpc) is 2.59. The van der Waals surface area contributed by atoms with Crippen LogP contribution in [0, 0.1) is 13.8 Å². The van der Waals surface area contributed by atoms with Gasteiger partial charge < -0.3 is 15.4 Å². The van der Waals surface area contributed by atoms with Gasteiger partial charge in [-0.15, -0.1) is 0 Å². The highest BCUT2D eigenvalue weighted by molar-refractivity contribution is 5.85. The standard InChI is InChI=1S/C10H18N4O2/c1-4-8(10(11)14-15)12-5-9-13-6(2)7(3)16-9/h8,12,15H,4-5H2,1-3H3,(H2,11,14). The lowest BCUT2D eigenvalue weighted by Gasteiger charge is -2.13. The molecule has 0 aliphatic heterocycles. The molecule has 0 radical (unpaired) electrons. The van der Waals surface area contributed by atoms with Crippen molar-refractivity contribution in [3.8, 4) is 0 Å². The molecule has 0 spiro atoms. The molecule has 6 heteroatoms. The number of hydrogen-bond acceptors (Lipinski definition) is 5. The minimum absolute atomic E-state index is 0.169. The zero-order valence-corrected chi connectivity index (χ0v) is 9.82. The third-order valence-electron chi connectivity index (χ3n) is 2.45. The summed E-state index contributed by atoms with van der Waals surface area (Å²) in [6, 6.07) is -0.169. The van der Waals surface area contributed by atoms with Crippen LogP contribution in [-0.2, 0) is 6.54 Å². The van der Waals surface area contributed by atoms with Gasteiger partial charge in [0.25, 0.3) is 0 Å². The van der Waals surface area contributed by atoms with E-state index in [0.29, 0.717) is 12.4 Å². The van der Waals surface area contributed by atoms with Gasteiger partial charge in [-0.05, 0) is 20.3 Å². The molecule has 1 unspecified atom stereocenters. The van der Waals surface area contributed by atoms with E-state index in [1.807, 2.05) is 20.8 Å². The lowest BCUT2D eigenvalue weighted by Crippen LogP contribution is -2.40. The Bertz CT molecular complexity index is 353. The van der Waals surface area contributed by atoms with Gasteiger partial charge in [0.2, 0.25) is 5.89 Å². The third kappa shape index (κ3) is 2.96. The van der Waals surface area contributed by atoms with Crippen molar-refractivity contribution in [2.75, 3.05) is 0 Å². The number of oxime groups is 1. The summed E-state index contributed by atoms with van der Waals surface area (Å²) in [7, 11) is 0. The van der Waals surface area contributed by atoms with Crippen LogP contribution in [0.2, 0.25) is 0 Å². The Morgan fingerprint density at radius 2 is 2.31 bits per heavy atom. The molecule has 0 amide bonds. The molecule has 0 fully saturated rings. The van der Waals surface area contributed by atoms with Gasteiger partial charge in [0.15, 0.2) is 5.84 Å². The fraction of sp³-hybridized carbons (Fsp3) is 0.600. The maximum atomic E-state index is 8.57. The predicted octanol–water partition coefficient (Wildman–Crippen LogP) is 0.906. The van der Waals surface area contributed by atoms with Gasteiger partial charge in [-0.3, -0.25) is 5.32 Å². The van der Waals surface area contributed by atoms with Gasteiger partial charge in [-0.2, -0.15) is 0 Å². The molecule has 6 nitrogen and oxygen atoms in total. The zero-order chi connectivity index (χ0) is 12.1. The van der Waals surface area contributed by atoms with E-state index in [-0.39, 0.29) is 11.9 Å². The maximum Gasteiger partial charge on any atom is 0.208 e. The summed E-state index contributed by atoms with van der Waals surface area (Å²) in [5.74, 6) is 1.59. The first-order chi connectivity index (χ1) is 7.58. The van der Waals surface area contributed by atoms with E-state index < -0.39 is 0 Å². The zero-order valence-electron chi connectivity index (χ0n) is 9.82. The summed E-state index contributed by atoms with van der Waals surface area (Å²) in [6.45, 7) is 6.17. The Morgan fingerprint density at radius 1 is 1.62 bits per heavy atom. The molecule has 0 aliphatic carbocycles. The molecule has 0 aromatic carbocycles. The maximum absolute atomic E-state index is 8.57. The number of aryl methyl sites for hydroxylation is 2. The average molecular weight is 226 g/mol. The summed E-state index contributed by atoms with van der Waals surface area (Å²) >= 11 is 0. The Kier molecular flexibility index (Phi) is 4.30. The van der Waals surface area contributed by atoms with Gasteiger partial charge in [0, 0.05) is 0 Å². The van der Waals surface area contributed by atoms with Crippen LogP contribution < -0.4 is 11.1 Å². The molecule has 1 atom stereocenters. The molecule has 0 saturated heterocycles. The van der Waals surface area contributed by atoms with Crippen LogP contribution in [0.3, 0.4) is 0 Å². The fourth-order valence-electron chi connectivity index (χ4n) is 1.35. The summed E-state index contributed by atoms with van der Waals surface area (Å²) in [4.78, 5) is 4.23. The number of hydrogen-bond donors (Lipinski definition) is 3. The molecule has 16 heavy (non-hydrogen) atoms. The van der Waals surface area contributed by atoms with Crippen LogP contribution in [0.5, 0.6) is 0 Å². The quantitative estimate of drug-likeness (QED) is 0.300. The van der Waals surface area contributed by atoms with Gasteiger partial charge in [0.1, 0.15) is 5.76 Å². The molecule has 0 bridgehead atoms. The van der Waals surface area contributed by atoms with Gasteiger partial charge >= 0.3 is 0 Å². The molecule has 1 aromatic heterocycles.